The lowest BCUT2D eigenvalue weighted by molar-refractivity contribution is -0.135. The molecule has 0 unspecified atom stereocenters. The van der Waals surface area contributed by atoms with Gasteiger partial charge in [-0.05, 0) is 66.8 Å². The minimum absolute atomic E-state index is 0.0799. The summed E-state index contributed by atoms with van der Waals surface area (Å²) in [5, 5.41) is 17.0. The number of halogens is 1. The molecule has 0 bridgehead atoms. The second kappa shape index (κ2) is 13.3. The Morgan fingerprint density at radius 1 is 1.17 bits per heavy atom. The molecule has 0 spiro atoms. The number of carboxylic acid groups (broad SMARTS) is 1. The average Bonchev–Trinajstić information content (AvgIpc) is 3.58. The predicted molar refractivity (Wildman–Crippen MR) is 140 cm³/mol. The highest BCUT2D eigenvalue weighted by Crippen LogP contribution is 2.31. The van der Waals surface area contributed by atoms with Gasteiger partial charge in [0.25, 0.3) is 0 Å². The van der Waals surface area contributed by atoms with E-state index in [1.54, 1.807) is 6.26 Å². The number of nitrogens with zero attached hydrogens (tertiary/aromatic N) is 1. The fraction of sp³-hybridized carbons (Fsp3) is 0.407. The smallest absolute Gasteiger partial charge is 0.309 e. The van der Waals surface area contributed by atoms with E-state index >= 15 is 0 Å². The van der Waals surface area contributed by atoms with Crippen LogP contribution in [0, 0.1) is 17.1 Å². The molecule has 1 aliphatic heterocycles. The van der Waals surface area contributed by atoms with Crippen molar-refractivity contribution in [2.24, 2.45) is 5.92 Å². The van der Waals surface area contributed by atoms with Crippen LogP contribution < -0.4 is 5.73 Å². The highest BCUT2D eigenvalue weighted by Gasteiger charge is 2.19. The maximum absolute atomic E-state index is 12.6. The van der Waals surface area contributed by atoms with E-state index in [2.05, 4.69) is 29.4 Å². The summed E-state index contributed by atoms with van der Waals surface area (Å²) in [5.74, 6) is -0.779. The number of hydrogen-bond donors (Lipinski definition) is 3. The summed E-state index contributed by atoms with van der Waals surface area (Å²) in [4.78, 5) is 11.6. The average molecular weight is 500 g/mol. The van der Waals surface area contributed by atoms with Gasteiger partial charge in [-0.3, -0.25) is 4.79 Å². The van der Waals surface area contributed by atoms with Crippen LogP contribution in [0.5, 0.6) is 0 Å². The number of nitrogens with one attached hydrogen (secondary N) is 1. The van der Waals surface area contributed by atoms with Gasteiger partial charge in [0.1, 0.15) is 11.4 Å². The molecule has 2 aromatic carbocycles. The van der Waals surface area contributed by atoms with E-state index in [1.165, 1.54) is 68.0 Å². The lowest BCUT2D eigenvalue weighted by Crippen LogP contribution is -2.10. The van der Waals surface area contributed by atoms with Gasteiger partial charge in [-0.25, -0.2) is 8.70 Å². The number of rotatable bonds is 5. The molecule has 2 fully saturated rings. The Labute approximate surface area is 210 Å². The molecule has 2 heterocycles. The lowest BCUT2D eigenvalue weighted by Gasteiger charge is -2.13. The van der Waals surface area contributed by atoms with Crippen molar-refractivity contribution in [3.05, 3.63) is 60.1 Å². The molecule has 0 amide bonds. The van der Waals surface area contributed by atoms with Gasteiger partial charge < -0.3 is 20.7 Å². The van der Waals surface area contributed by atoms with Crippen LogP contribution in [-0.4, -0.2) is 34.2 Å². The van der Waals surface area contributed by atoms with Gasteiger partial charge in [-0.1, -0.05) is 39.0 Å². The molecule has 1 aromatic heterocycles. The second-order valence-electron chi connectivity index (χ2n) is 9.04. The topological polar surface area (TPSA) is 104 Å². The highest BCUT2D eigenvalue weighted by atomic mass is 32.2. The fourth-order valence-electron chi connectivity index (χ4n) is 4.07. The number of aliphatic carboxylic acids is 1. The summed E-state index contributed by atoms with van der Waals surface area (Å²) >= 11 is 1.86. The Balaban J connectivity index is 0.000000165. The van der Waals surface area contributed by atoms with Gasteiger partial charge in [0.15, 0.2) is 0 Å². The lowest BCUT2D eigenvalue weighted by atomic mass is 10.1. The number of nitrogens with two attached hydrogens (primary N) is 1. The Kier molecular flexibility index (Phi) is 10.2. The zero-order valence-electron chi connectivity index (χ0n) is 20.1. The molecule has 8 heteroatoms. The van der Waals surface area contributed by atoms with Crippen LogP contribution in [0.3, 0.4) is 0 Å². The monoisotopic (exact) mass is 499 g/mol. The Hall–Kier alpha value is -2.84. The third kappa shape index (κ3) is 8.71. The van der Waals surface area contributed by atoms with Crippen LogP contribution in [0.25, 0.3) is 11.0 Å². The number of carboxylic acids is 1. The van der Waals surface area contributed by atoms with Crippen molar-refractivity contribution in [1.29, 1.82) is 5.41 Å². The summed E-state index contributed by atoms with van der Waals surface area (Å²) in [7, 11) is 0. The number of hydrogen-bond acceptors (Lipinski definition) is 6. The molecule has 1 atom stereocenters. The van der Waals surface area contributed by atoms with Crippen molar-refractivity contribution >= 4 is 40.3 Å². The molecular formula is C27H34FN3O3S. The van der Waals surface area contributed by atoms with Gasteiger partial charge in [0, 0.05) is 34.6 Å². The van der Waals surface area contributed by atoms with Crippen molar-refractivity contribution in [3.8, 4) is 0 Å². The first-order chi connectivity index (χ1) is 16.8. The SMILES string of the molecule is C1CCCC1.C[C@H]1CCN(Sc2ccc3occc3c2)C1.N=C(CC(=O)O)c1ccc(F)cc1N. The molecule has 1 saturated heterocycles. The molecular weight excluding hydrogens is 465 g/mol. The van der Waals surface area contributed by atoms with E-state index < -0.39 is 18.2 Å². The summed E-state index contributed by atoms with van der Waals surface area (Å²) < 4.78 is 20.4. The standard InChI is InChI=1S/C13H15NOS.C9H9FN2O2.C5H10/c1-10-4-6-14(9-10)16-12-2-3-13-11(8-12)5-7-15-13;10-5-1-2-6(7(11)3-5)8(12)4-9(13)14;1-2-4-5-3-1/h2-3,5,7-8,10H,4,6,9H2,1H3;1-3,12H,4,11H2,(H,13,14);1-5H2/t10-;;/m0../s1. The summed E-state index contributed by atoms with van der Waals surface area (Å²) in [6, 6.07) is 11.9. The van der Waals surface area contributed by atoms with E-state index in [0.717, 1.165) is 23.6 Å². The van der Waals surface area contributed by atoms with Crippen molar-refractivity contribution < 1.29 is 18.7 Å². The van der Waals surface area contributed by atoms with Crippen LogP contribution >= 0.6 is 11.9 Å². The minimum Gasteiger partial charge on any atom is -0.481 e. The summed E-state index contributed by atoms with van der Waals surface area (Å²) in [5.41, 5.74) is 6.60. The molecule has 1 aliphatic carbocycles. The van der Waals surface area contributed by atoms with Gasteiger partial charge >= 0.3 is 5.97 Å². The first-order valence-electron chi connectivity index (χ1n) is 12.1. The zero-order valence-corrected chi connectivity index (χ0v) is 21.0. The van der Waals surface area contributed by atoms with Gasteiger partial charge in [-0.15, -0.1) is 0 Å². The van der Waals surface area contributed by atoms with E-state index in [4.69, 9.17) is 20.7 Å². The number of furan rings is 1. The first-order valence-corrected chi connectivity index (χ1v) is 12.8. The molecule has 6 nitrogen and oxygen atoms in total. The van der Waals surface area contributed by atoms with Crippen LogP contribution in [0.2, 0.25) is 0 Å². The fourth-order valence-corrected chi connectivity index (χ4v) is 5.20. The van der Waals surface area contributed by atoms with Crippen LogP contribution in [0.1, 0.15) is 57.4 Å². The molecule has 4 N–H and O–H groups in total. The van der Waals surface area contributed by atoms with Crippen LogP contribution in [0.15, 0.2) is 58.0 Å². The number of fused-ring (bicyclic) bond motifs is 1. The van der Waals surface area contributed by atoms with Gasteiger partial charge in [0.2, 0.25) is 0 Å². The molecule has 35 heavy (non-hydrogen) atoms. The second-order valence-corrected chi connectivity index (χ2v) is 10.2. The van der Waals surface area contributed by atoms with Crippen LogP contribution in [0.4, 0.5) is 10.1 Å². The van der Waals surface area contributed by atoms with Crippen molar-refractivity contribution in [2.75, 3.05) is 18.8 Å². The maximum atomic E-state index is 12.6. The molecule has 188 valence electrons. The van der Waals surface area contributed by atoms with Gasteiger partial charge in [0.05, 0.1) is 18.4 Å². The third-order valence-electron chi connectivity index (χ3n) is 5.96. The van der Waals surface area contributed by atoms with E-state index in [-0.39, 0.29) is 17.0 Å². The number of carbonyl (C=O) groups is 1. The molecule has 5 rings (SSSR count). The molecule has 3 aromatic rings. The predicted octanol–water partition coefficient (Wildman–Crippen LogP) is 6.98. The van der Waals surface area contributed by atoms with Crippen LogP contribution in [-0.2, 0) is 4.79 Å². The highest BCUT2D eigenvalue weighted by molar-refractivity contribution is 7.97. The number of benzene rings is 2. The maximum Gasteiger partial charge on any atom is 0.309 e. The van der Waals surface area contributed by atoms with E-state index in [9.17, 15) is 9.18 Å². The van der Waals surface area contributed by atoms with Crippen molar-refractivity contribution in [2.45, 2.75) is 56.8 Å². The summed E-state index contributed by atoms with van der Waals surface area (Å²) in [6.07, 6.45) is 10.1. The number of anilines is 1. The largest absolute Gasteiger partial charge is 0.481 e. The van der Waals surface area contributed by atoms with Gasteiger partial charge in [-0.2, -0.15) is 0 Å². The van der Waals surface area contributed by atoms with Crippen molar-refractivity contribution in [3.63, 3.8) is 0 Å². The first kappa shape index (κ1) is 26.8. The Bertz CT molecular complexity index is 1120. The normalized spacial score (nSPS) is 17.4. The Morgan fingerprint density at radius 2 is 1.89 bits per heavy atom. The zero-order chi connectivity index (χ0) is 25.2. The number of nitrogen functional groups attached to an aromatic ring is 1. The van der Waals surface area contributed by atoms with E-state index in [0.29, 0.717) is 0 Å². The summed E-state index contributed by atoms with van der Waals surface area (Å²) in [6.45, 7) is 4.73. The molecule has 2 aliphatic rings. The van der Waals surface area contributed by atoms with E-state index in [1.807, 2.05) is 18.0 Å². The Morgan fingerprint density at radius 3 is 2.49 bits per heavy atom. The molecule has 1 saturated carbocycles. The molecule has 0 radical (unpaired) electrons. The quantitative estimate of drug-likeness (QED) is 0.199. The third-order valence-corrected chi connectivity index (χ3v) is 7.02. The van der Waals surface area contributed by atoms with Crippen molar-refractivity contribution in [1.82, 2.24) is 4.31 Å². The minimum atomic E-state index is -1.11.